The second kappa shape index (κ2) is 24.8. The molecule has 0 amide bonds. The van der Waals surface area contributed by atoms with Gasteiger partial charge in [0.1, 0.15) is 19.8 Å². The van der Waals surface area contributed by atoms with Crippen molar-refractivity contribution in [3.63, 3.8) is 0 Å². The maximum absolute atomic E-state index is 13.1. The lowest BCUT2D eigenvalue weighted by atomic mass is 9.49. The maximum atomic E-state index is 13.1. The van der Waals surface area contributed by atoms with Gasteiger partial charge in [-0.25, -0.2) is 4.79 Å². The van der Waals surface area contributed by atoms with Gasteiger partial charge < -0.3 is 23.8 Å². The Kier molecular flexibility index (Phi) is 20.8. The van der Waals surface area contributed by atoms with Gasteiger partial charge in [0, 0.05) is 13.0 Å². The molecule has 0 N–H and O–H groups in total. The Labute approximate surface area is 304 Å². The number of ether oxygens (including phenoxy) is 4. The van der Waals surface area contributed by atoms with Crippen LogP contribution >= 0.6 is 0 Å². The predicted octanol–water partition coefficient (Wildman–Crippen LogP) is 9.99. The normalized spacial score (nSPS) is 23.2. The fourth-order valence-electron chi connectivity index (χ4n) is 8.79. The number of esters is 2. The summed E-state index contributed by atoms with van der Waals surface area (Å²) in [4.78, 5) is 40.2. The van der Waals surface area contributed by atoms with Crippen molar-refractivity contribution in [2.24, 2.45) is 29.1 Å². The van der Waals surface area contributed by atoms with Gasteiger partial charge in [-0.1, -0.05) is 77.2 Å². The van der Waals surface area contributed by atoms with Gasteiger partial charge in [-0.2, -0.15) is 0 Å². The van der Waals surface area contributed by atoms with Gasteiger partial charge >= 0.3 is 18.1 Å². The minimum absolute atomic E-state index is 0.0313. The Balaban J connectivity index is 1.31. The zero-order valence-corrected chi connectivity index (χ0v) is 32.0. The van der Waals surface area contributed by atoms with Crippen LogP contribution in [0.5, 0.6) is 0 Å². The van der Waals surface area contributed by atoms with E-state index in [9.17, 15) is 14.4 Å². The number of hydrogen-bond donors (Lipinski definition) is 0. The van der Waals surface area contributed by atoms with E-state index in [0.717, 1.165) is 102 Å². The summed E-state index contributed by atoms with van der Waals surface area (Å²) in [5.41, 5.74) is 0.0980. The van der Waals surface area contributed by atoms with Crippen LogP contribution in [-0.4, -0.2) is 69.1 Å². The molecule has 1 unspecified atom stereocenters. The van der Waals surface area contributed by atoms with Gasteiger partial charge in [0.2, 0.25) is 0 Å². The van der Waals surface area contributed by atoms with Crippen molar-refractivity contribution in [1.29, 1.82) is 0 Å². The first kappa shape index (κ1) is 42.1. The number of allylic oxidation sites excluding steroid dienone is 4. The molecule has 8 nitrogen and oxygen atoms in total. The van der Waals surface area contributed by atoms with Crippen LogP contribution in [0.25, 0.3) is 0 Å². The first-order chi connectivity index (χ1) is 24.3. The van der Waals surface area contributed by atoms with Crippen LogP contribution in [0.2, 0.25) is 0 Å². The van der Waals surface area contributed by atoms with Crippen LogP contribution in [0.3, 0.4) is 0 Å². The molecule has 0 saturated heterocycles. The van der Waals surface area contributed by atoms with Gasteiger partial charge in [0.05, 0.1) is 18.9 Å². The summed E-state index contributed by atoms with van der Waals surface area (Å²) in [7, 11) is 0. The molecule has 0 aromatic rings. The highest BCUT2D eigenvalue weighted by molar-refractivity contribution is 5.70. The lowest BCUT2D eigenvalue weighted by molar-refractivity contribution is -0.155. The Morgan fingerprint density at radius 3 is 1.84 bits per heavy atom. The standard InChI is InChI=1S/C42H71NO7/c1-4-7-8-9-10-11-12-13-14-15-16-17-18-19-20-22-39(44)48-32-38(34-50-41(46)47-24-21-23-43(5-2)6-3)33-49-40(45)31-42-28-35-25-36(29-42)27-37(26-35)30-42/h10-11,13-14,35-38H,4-9,12,15-34H2,1-3H3/b11-10+,14-13+. The summed E-state index contributed by atoms with van der Waals surface area (Å²) >= 11 is 0. The minimum Gasteiger partial charge on any atom is -0.465 e. The highest BCUT2D eigenvalue weighted by Gasteiger charge is 2.51. The maximum Gasteiger partial charge on any atom is 0.508 e. The molecule has 0 heterocycles. The first-order valence-electron chi connectivity index (χ1n) is 20.5. The number of unbranched alkanes of at least 4 members (excludes halogenated alkanes) is 8. The van der Waals surface area contributed by atoms with Crippen molar-refractivity contribution >= 4 is 18.1 Å². The van der Waals surface area contributed by atoms with E-state index in [-0.39, 0.29) is 43.8 Å². The minimum atomic E-state index is -0.745. The molecular formula is C42H71NO7. The molecule has 1 atom stereocenters. The second-order valence-corrected chi connectivity index (χ2v) is 15.6. The smallest absolute Gasteiger partial charge is 0.465 e. The molecule has 4 aliphatic carbocycles. The van der Waals surface area contributed by atoms with Crippen LogP contribution in [0.15, 0.2) is 24.3 Å². The van der Waals surface area contributed by atoms with Crippen LogP contribution in [0.4, 0.5) is 4.79 Å². The first-order valence-corrected chi connectivity index (χ1v) is 20.5. The third kappa shape index (κ3) is 17.2. The fraction of sp³-hybridized carbons (Fsp3) is 0.833. The summed E-state index contributed by atoms with van der Waals surface area (Å²) in [5.74, 6) is 1.42. The van der Waals surface area contributed by atoms with Crippen molar-refractivity contribution in [3.05, 3.63) is 24.3 Å². The van der Waals surface area contributed by atoms with Crippen LogP contribution in [-0.2, 0) is 28.5 Å². The second-order valence-electron chi connectivity index (χ2n) is 15.6. The van der Waals surface area contributed by atoms with E-state index in [0.29, 0.717) is 12.8 Å². The summed E-state index contributed by atoms with van der Waals surface area (Å²) in [5, 5.41) is 0. The third-order valence-corrected chi connectivity index (χ3v) is 11.1. The average molecular weight is 702 g/mol. The quantitative estimate of drug-likeness (QED) is 0.0345. The van der Waals surface area contributed by atoms with Crippen molar-refractivity contribution in [2.45, 2.75) is 149 Å². The molecule has 4 aliphatic rings. The fourth-order valence-corrected chi connectivity index (χ4v) is 8.79. The van der Waals surface area contributed by atoms with Crippen molar-refractivity contribution in [2.75, 3.05) is 46.1 Å². The van der Waals surface area contributed by atoms with E-state index in [2.05, 4.69) is 50.0 Å². The van der Waals surface area contributed by atoms with Crippen LogP contribution < -0.4 is 0 Å². The van der Waals surface area contributed by atoms with Gasteiger partial charge in [0.25, 0.3) is 0 Å². The largest absolute Gasteiger partial charge is 0.508 e. The highest BCUT2D eigenvalue weighted by Crippen LogP contribution is 2.61. The topological polar surface area (TPSA) is 91.4 Å². The lowest BCUT2D eigenvalue weighted by Gasteiger charge is -2.56. The molecule has 0 aromatic carbocycles. The van der Waals surface area contributed by atoms with Gasteiger partial charge in [-0.15, -0.1) is 0 Å². The Morgan fingerprint density at radius 2 is 1.22 bits per heavy atom. The zero-order chi connectivity index (χ0) is 35.9. The molecule has 0 aliphatic heterocycles. The molecule has 8 heteroatoms. The Hall–Kier alpha value is -2.35. The monoisotopic (exact) mass is 702 g/mol. The molecule has 4 fully saturated rings. The number of rotatable bonds is 28. The average Bonchev–Trinajstić information content (AvgIpc) is 3.08. The SMILES string of the molecule is CCCCC/C=C/C/C=C/CCCCCCCC(=O)OCC(COC(=O)CC12CC3CC(CC(C3)C1)C2)COC(=O)OCCCN(CC)CC. The molecule has 0 radical (unpaired) electrons. The van der Waals surface area contributed by atoms with E-state index in [1.54, 1.807) is 0 Å². The molecule has 4 rings (SSSR count). The molecular weight excluding hydrogens is 630 g/mol. The third-order valence-electron chi connectivity index (χ3n) is 11.1. The van der Waals surface area contributed by atoms with Crippen molar-refractivity contribution in [1.82, 2.24) is 4.90 Å². The molecule has 0 spiro atoms. The molecule has 4 bridgehead atoms. The van der Waals surface area contributed by atoms with E-state index < -0.39 is 12.1 Å². The van der Waals surface area contributed by atoms with Gasteiger partial charge in [-0.05, 0) is 120 Å². The zero-order valence-electron chi connectivity index (χ0n) is 32.0. The van der Waals surface area contributed by atoms with Gasteiger partial charge in [0.15, 0.2) is 0 Å². The predicted molar refractivity (Wildman–Crippen MR) is 200 cm³/mol. The summed E-state index contributed by atoms with van der Waals surface area (Å²) in [6.07, 6.45) is 29.7. The van der Waals surface area contributed by atoms with Crippen LogP contribution in [0, 0.1) is 29.1 Å². The number of carbonyl (C=O) groups excluding carboxylic acids is 3. The van der Waals surface area contributed by atoms with Crippen LogP contribution in [0.1, 0.15) is 149 Å². The van der Waals surface area contributed by atoms with E-state index in [1.165, 1.54) is 51.4 Å². The lowest BCUT2D eigenvalue weighted by Crippen LogP contribution is -2.47. The van der Waals surface area contributed by atoms with Gasteiger partial charge in [-0.3, -0.25) is 9.59 Å². The Bertz CT molecular complexity index is 984. The van der Waals surface area contributed by atoms with E-state index in [4.69, 9.17) is 18.9 Å². The number of carbonyl (C=O) groups is 3. The van der Waals surface area contributed by atoms with E-state index >= 15 is 0 Å². The molecule has 0 aromatic heterocycles. The summed E-state index contributed by atoms with van der Waals surface area (Å²) < 4.78 is 22.0. The number of nitrogens with zero attached hydrogens (tertiary/aromatic N) is 1. The van der Waals surface area contributed by atoms with Crippen molar-refractivity contribution < 1.29 is 33.3 Å². The molecule has 4 saturated carbocycles. The van der Waals surface area contributed by atoms with E-state index in [1.807, 2.05) is 0 Å². The molecule has 50 heavy (non-hydrogen) atoms. The summed E-state index contributed by atoms with van der Waals surface area (Å²) in [6, 6.07) is 0. The Morgan fingerprint density at radius 1 is 0.660 bits per heavy atom. The van der Waals surface area contributed by atoms with Crippen molar-refractivity contribution in [3.8, 4) is 0 Å². The number of hydrogen-bond acceptors (Lipinski definition) is 8. The highest BCUT2D eigenvalue weighted by atomic mass is 16.7. The molecule has 286 valence electrons. The summed E-state index contributed by atoms with van der Waals surface area (Å²) in [6.45, 7) is 9.57.